The van der Waals surface area contributed by atoms with Crippen molar-refractivity contribution in [3.05, 3.63) is 34.4 Å². The van der Waals surface area contributed by atoms with Gasteiger partial charge in [0, 0.05) is 5.56 Å². The molecule has 21 heavy (non-hydrogen) atoms. The lowest BCUT2D eigenvalue weighted by Gasteiger charge is -2.22. The molecule has 0 aliphatic carbocycles. The lowest BCUT2D eigenvalue weighted by atomic mass is 9.82. The topological polar surface area (TPSA) is 34.1 Å². The van der Waals surface area contributed by atoms with Crippen LogP contribution in [0.15, 0.2) is 12.1 Å². The number of Topliss-reactive ketones (excluding diaryl/α,β-unsaturated/α-hetero) is 2. The van der Waals surface area contributed by atoms with Crippen molar-refractivity contribution in [3.8, 4) is 0 Å². The summed E-state index contributed by atoms with van der Waals surface area (Å²) >= 11 is 0. The van der Waals surface area contributed by atoms with E-state index in [0.29, 0.717) is 5.92 Å². The summed E-state index contributed by atoms with van der Waals surface area (Å²) in [5.74, 6) is 0.860. The Morgan fingerprint density at radius 3 is 1.57 bits per heavy atom. The van der Waals surface area contributed by atoms with E-state index < -0.39 is 0 Å². The summed E-state index contributed by atoms with van der Waals surface area (Å²) in [7, 11) is 0. The van der Waals surface area contributed by atoms with Crippen molar-refractivity contribution in [1.29, 1.82) is 0 Å². The van der Waals surface area contributed by atoms with Gasteiger partial charge >= 0.3 is 0 Å². The van der Waals surface area contributed by atoms with E-state index in [4.69, 9.17) is 0 Å². The number of rotatable bonds is 6. The van der Waals surface area contributed by atoms with Crippen molar-refractivity contribution < 1.29 is 9.59 Å². The highest BCUT2D eigenvalue weighted by atomic mass is 16.1. The molecule has 0 aromatic heterocycles. The van der Waals surface area contributed by atoms with Crippen LogP contribution in [0.25, 0.3) is 0 Å². The minimum Gasteiger partial charge on any atom is -0.300 e. The monoisotopic (exact) mass is 288 g/mol. The van der Waals surface area contributed by atoms with E-state index in [2.05, 4.69) is 53.7 Å². The molecule has 0 aliphatic rings. The first-order chi connectivity index (χ1) is 9.65. The fraction of sp³-hybridized carbons (Fsp3) is 0.579. The first-order valence-electron chi connectivity index (χ1n) is 7.85. The van der Waals surface area contributed by atoms with Gasteiger partial charge in [-0.2, -0.15) is 0 Å². The molecular formula is C19H28O2. The fourth-order valence-corrected chi connectivity index (χ4v) is 2.59. The van der Waals surface area contributed by atoms with Gasteiger partial charge in [-0.15, -0.1) is 0 Å². The van der Waals surface area contributed by atoms with E-state index in [0.717, 1.165) is 16.7 Å². The second-order valence-corrected chi connectivity index (χ2v) is 6.84. The van der Waals surface area contributed by atoms with Crippen molar-refractivity contribution in [2.45, 2.75) is 72.6 Å². The Labute approximate surface area is 128 Å². The molecule has 0 radical (unpaired) electrons. The minimum absolute atomic E-state index is 0.000462. The molecule has 0 amide bonds. The van der Waals surface area contributed by atoms with Crippen LogP contribution in [-0.2, 0) is 4.79 Å². The number of carbonyl (C=O) groups excluding carboxylic acids is 2. The van der Waals surface area contributed by atoms with Gasteiger partial charge in [-0.25, -0.2) is 0 Å². The fourth-order valence-electron chi connectivity index (χ4n) is 2.59. The predicted octanol–water partition coefficient (Wildman–Crippen LogP) is 5.22. The van der Waals surface area contributed by atoms with Gasteiger partial charge in [0.05, 0.1) is 6.42 Å². The second-order valence-electron chi connectivity index (χ2n) is 6.84. The van der Waals surface area contributed by atoms with E-state index in [1.54, 1.807) is 0 Å². The highest BCUT2D eigenvalue weighted by molar-refractivity contribution is 6.09. The third-order valence-electron chi connectivity index (χ3n) is 3.82. The largest absolute Gasteiger partial charge is 0.300 e. The smallest absolute Gasteiger partial charge is 0.170 e. The summed E-state index contributed by atoms with van der Waals surface area (Å²) in [6.07, 6.45) is 0.000462. The summed E-state index contributed by atoms with van der Waals surface area (Å²) in [6.45, 7) is 14.2. The average Bonchev–Trinajstić information content (AvgIpc) is 2.35. The van der Waals surface area contributed by atoms with E-state index >= 15 is 0 Å². The van der Waals surface area contributed by atoms with E-state index in [-0.39, 0.29) is 29.8 Å². The van der Waals surface area contributed by atoms with Gasteiger partial charge < -0.3 is 0 Å². The second kappa shape index (κ2) is 7.02. The molecule has 0 fully saturated rings. The molecule has 2 heteroatoms. The Kier molecular flexibility index (Phi) is 5.88. The molecule has 0 unspecified atom stereocenters. The number of benzene rings is 1. The van der Waals surface area contributed by atoms with E-state index in [1.807, 2.05) is 0 Å². The zero-order valence-corrected chi connectivity index (χ0v) is 14.4. The van der Waals surface area contributed by atoms with Crippen LogP contribution >= 0.6 is 0 Å². The van der Waals surface area contributed by atoms with Crippen molar-refractivity contribution in [1.82, 2.24) is 0 Å². The Hall–Kier alpha value is -1.44. The average molecular weight is 288 g/mol. The van der Waals surface area contributed by atoms with Crippen LogP contribution < -0.4 is 0 Å². The van der Waals surface area contributed by atoms with Crippen LogP contribution in [0.4, 0.5) is 0 Å². The molecule has 0 N–H and O–H groups in total. The molecule has 0 bridgehead atoms. The van der Waals surface area contributed by atoms with Crippen LogP contribution in [0.2, 0.25) is 0 Å². The van der Waals surface area contributed by atoms with Gasteiger partial charge in [-0.3, -0.25) is 9.59 Å². The van der Waals surface area contributed by atoms with Crippen LogP contribution in [0, 0.1) is 0 Å². The third-order valence-corrected chi connectivity index (χ3v) is 3.82. The van der Waals surface area contributed by atoms with Gasteiger partial charge in [-0.05, 0) is 41.4 Å². The van der Waals surface area contributed by atoms with Crippen LogP contribution in [0.5, 0.6) is 0 Å². The highest BCUT2D eigenvalue weighted by Crippen LogP contribution is 2.32. The van der Waals surface area contributed by atoms with Gasteiger partial charge in [0.25, 0.3) is 0 Å². The molecule has 0 spiro atoms. The Morgan fingerprint density at radius 1 is 0.857 bits per heavy atom. The van der Waals surface area contributed by atoms with Crippen LogP contribution in [0.3, 0.4) is 0 Å². The van der Waals surface area contributed by atoms with E-state index in [1.165, 1.54) is 12.5 Å². The SMILES string of the molecule is CC(=O)CC(=O)c1c(C(C)C)cc(C(C)C)cc1C(C)C. The number of hydrogen-bond acceptors (Lipinski definition) is 2. The molecule has 1 rings (SSSR count). The zero-order chi connectivity index (χ0) is 16.3. The normalized spacial score (nSPS) is 11.5. The third kappa shape index (κ3) is 4.26. The zero-order valence-electron chi connectivity index (χ0n) is 14.4. The van der Waals surface area contributed by atoms with Gasteiger partial charge in [0.1, 0.15) is 5.78 Å². The number of ketones is 2. The lowest BCUT2D eigenvalue weighted by Crippen LogP contribution is -2.14. The minimum atomic E-state index is -0.0719. The maximum atomic E-state index is 12.6. The molecular weight excluding hydrogens is 260 g/mol. The van der Waals surface area contributed by atoms with Crippen molar-refractivity contribution in [2.75, 3.05) is 0 Å². The maximum Gasteiger partial charge on any atom is 0.170 e. The van der Waals surface area contributed by atoms with Crippen molar-refractivity contribution in [2.24, 2.45) is 0 Å². The maximum absolute atomic E-state index is 12.6. The van der Waals surface area contributed by atoms with Gasteiger partial charge in [0.2, 0.25) is 0 Å². The molecule has 1 aromatic carbocycles. The Balaban J connectivity index is 3.57. The molecule has 2 nitrogen and oxygen atoms in total. The Morgan fingerprint density at radius 2 is 1.29 bits per heavy atom. The summed E-state index contributed by atoms with van der Waals surface area (Å²) < 4.78 is 0. The van der Waals surface area contributed by atoms with Gasteiger partial charge in [-0.1, -0.05) is 53.7 Å². The summed E-state index contributed by atoms with van der Waals surface area (Å²) in [6, 6.07) is 4.29. The molecule has 0 aliphatic heterocycles. The summed E-state index contributed by atoms with van der Waals surface area (Å²) in [5, 5.41) is 0. The summed E-state index contributed by atoms with van der Waals surface area (Å²) in [4.78, 5) is 23.9. The highest BCUT2D eigenvalue weighted by Gasteiger charge is 2.22. The summed E-state index contributed by atoms with van der Waals surface area (Å²) in [5.41, 5.74) is 4.20. The molecule has 0 saturated heterocycles. The number of hydrogen-bond donors (Lipinski definition) is 0. The lowest BCUT2D eigenvalue weighted by molar-refractivity contribution is -0.116. The standard InChI is InChI=1S/C19H28O2/c1-11(2)15-9-16(12(3)4)19(17(10-15)13(5)6)18(21)8-14(7)20/h9-13H,8H2,1-7H3. The first-order valence-corrected chi connectivity index (χ1v) is 7.85. The van der Waals surface area contributed by atoms with Crippen LogP contribution in [0.1, 0.15) is 99.7 Å². The molecule has 0 atom stereocenters. The first kappa shape index (κ1) is 17.6. The predicted molar refractivity (Wildman–Crippen MR) is 88.3 cm³/mol. The van der Waals surface area contributed by atoms with Crippen LogP contribution in [-0.4, -0.2) is 11.6 Å². The molecule has 0 heterocycles. The van der Waals surface area contributed by atoms with Gasteiger partial charge in [0.15, 0.2) is 5.78 Å². The quantitative estimate of drug-likeness (QED) is 0.531. The number of carbonyl (C=O) groups is 2. The molecule has 1 aromatic rings. The Bertz CT molecular complexity index is 507. The molecule has 0 saturated carbocycles. The molecule has 116 valence electrons. The van der Waals surface area contributed by atoms with Crippen molar-refractivity contribution >= 4 is 11.6 Å². The van der Waals surface area contributed by atoms with E-state index in [9.17, 15) is 9.59 Å². The van der Waals surface area contributed by atoms with Crippen molar-refractivity contribution in [3.63, 3.8) is 0 Å².